The third-order valence-corrected chi connectivity index (χ3v) is 9.37. The van der Waals surface area contributed by atoms with Gasteiger partial charge in [0, 0.05) is 12.8 Å². The molecule has 0 aromatic carbocycles. The molecule has 1 fully saturated rings. The van der Waals surface area contributed by atoms with Crippen molar-refractivity contribution in [1.29, 1.82) is 0 Å². The van der Waals surface area contributed by atoms with Crippen LogP contribution in [0.15, 0.2) is 85.1 Å². The van der Waals surface area contributed by atoms with E-state index in [-0.39, 0.29) is 12.8 Å². The average molecular weight is 797 g/mol. The molecule has 55 heavy (non-hydrogen) atoms. The van der Waals surface area contributed by atoms with Crippen LogP contribution in [-0.4, -0.2) is 98.3 Å². The first-order chi connectivity index (χ1) is 26.4. The highest BCUT2D eigenvalue weighted by Crippen LogP contribution is 2.47. The molecule has 0 aliphatic heterocycles. The Morgan fingerprint density at radius 1 is 0.564 bits per heavy atom. The Bertz CT molecular complexity index is 1290. The largest absolute Gasteiger partial charge is 0.472 e. The van der Waals surface area contributed by atoms with Crippen LogP contribution in [0.5, 0.6) is 0 Å². The highest BCUT2D eigenvalue weighted by atomic mass is 31.2. The minimum Gasteiger partial charge on any atom is -0.462 e. The van der Waals surface area contributed by atoms with E-state index in [1.807, 2.05) is 66.8 Å². The van der Waals surface area contributed by atoms with Gasteiger partial charge in [-0.05, 0) is 51.4 Å². The van der Waals surface area contributed by atoms with E-state index in [0.717, 1.165) is 64.2 Å². The third-order valence-electron chi connectivity index (χ3n) is 8.39. The molecule has 1 aliphatic carbocycles. The van der Waals surface area contributed by atoms with Crippen LogP contribution in [-0.2, 0) is 32.7 Å². The first-order valence-electron chi connectivity index (χ1n) is 19.5. The number of phosphoric ester groups is 1. The standard InChI is InChI=1S/C41H65O13P/c1-3-5-7-9-11-13-15-17-19-21-23-25-27-29-34(42)51-31-33(32-52-55(49,50)54-41-39(47)37(45)36(44)38(46)40(41)48)53-35(43)30-28-26-24-22-20-18-16-14-12-10-8-6-4-2/h5-16,18,20,33,36-41,44-48H,3-4,17,19,21-32H2,1-2H3,(H,49,50)/b7-5+,8-6+,11-9+,12-10+,15-13+,16-14+,20-18+/t33?,36?,37-,38?,39?,40?,41?/m1/s1. The summed E-state index contributed by atoms with van der Waals surface area (Å²) < 4.78 is 33.3. The van der Waals surface area contributed by atoms with Crippen LogP contribution in [0.25, 0.3) is 0 Å². The van der Waals surface area contributed by atoms with Gasteiger partial charge in [-0.15, -0.1) is 0 Å². The number of carbonyl (C=O) groups excluding carboxylic acids is 2. The number of hydrogen-bond acceptors (Lipinski definition) is 12. The van der Waals surface area contributed by atoms with Crippen molar-refractivity contribution >= 4 is 19.8 Å². The van der Waals surface area contributed by atoms with E-state index in [2.05, 4.69) is 32.1 Å². The van der Waals surface area contributed by atoms with Crippen LogP contribution < -0.4 is 0 Å². The number of esters is 2. The summed E-state index contributed by atoms with van der Waals surface area (Å²) >= 11 is 0. The van der Waals surface area contributed by atoms with Crippen LogP contribution in [0.2, 0.25) is 0 Å². The second-order valence-corrected chi connectivity index (χ2v) is 14.6. The first-order valence-corrected chi connectivity index (χ1v) is 21.0. The van der Waals surface area contributed by atoms with Crippen LogP contribution in [0.3, 0.4) is 0 Å². The molecule has 0 spiro atoms. The van der Waals surface area contributed by atoms with Gasteiger partial charge in [0.15, 0.2) is 6.10 Å². The minimum absolute atomic E-state index is 0.0405. The molecule has 0 aromatic rings. The van der Waals surface area contributed by atoms with E-state index in [9.17, 15) is 44.6 Å². The molecular weight excluding hydrogens is 731 g/mol. The summed E-state index contributed by atoms with van der Waals surface area (Å²) in [5, 5.41) is 49.9. The Kier molecular flexibility index (Phi) is 28.4. The van der Waals surface area contributed by atoms with Gasteiger partial charge < -0.3 is 39.9 Å². The molecule has 0 saturated heterocycles. The summed E-state index contributed by atoms with van der Waals surface area (Å²) in [6, 6.07) is 0. The summed E-state index contributed by atoms with van der Waals surface area (Å²) in [6.45, 7) is 2.92. The van der Waals surface area contributed by atoms with E-state index < -0.39 is 75.7 Å². The highest BCUT2D eigenvalue weighted by Gasteiger charge is 2.51. The summed E-state index contributed by atoms with van der Waals surface area (Å²) in [4.78, 5) is 35.5. The fourth-order valence-electron chi connectivity index (χ4n) is 5.24. The smallest absolute Gasteiger partial charge is 0.462 e. The number of aliphatic hydroxyl groups excluding tert-OH is 5. The Hall–Kier alpha value is -2.97. The van der Waals surface area contributed by atoms with Crippen LogP contribution in [0, 0.1) is 0 Å². The maximum atomic E-state index is 12.7. The minimum atomic E-state index is -5.13. The van der Waals surface area contributed by atoms with E-state index in [0.29, 0.717) is 12.8 Å². The summed E-state index contributed by atoms with van der Waals surface area (Å²) in [5.41, 5.74) is 0. The zero-order valence-corrected chi connectivity index (χ0v) is 33.3. The molecule has 6 N–H and O–H groups in total. The molecule has 13 nitrogen and oxygen atoms in total. The van der Waals surface area contributed by atoms with Crippen molar-refractivity contribution in [2.45, 2.75) is 146 Å². The molecule has 1 saturated carbocycles. The van der Waals surface area contributed by atoms with E-state index in [1.165, 1.54) is 0 Å². The number of allylic oxidation sites excluding steroid dienone is 14. The van der Waals surface area contributed by atoms with Gasteiger partial charge in [-0.1, -0.05) is 125 Å². The monoisotopic (exact) mass is 796 g/mol. The molecular formula is C41H65O13P. The number of unbranched alkanes of at least 4 members (excludes halogenated alkanes) is 8. The second-order valence-electron chi connectivity index (χ2n) is 13.2. The molecule has 0 radical (unpaired) electrons. The Labute approximate surface area is 327 Å². The third kappa shape index (κ3) is 24.3. The number of rotatable bonds is 29. The van der Waals surface area contributed by atoms with Gasteiger partial charge in [-0.25, -0.2) is 4.57 Å². The van der Waals surface area contributed by atoms with Crippen molar-refractivity contribution in [3.05, 3.63) is 85.1 Å². The molecule has 0 heterocycles. The molecule has 0 aromatic heterocycles. The Balaban J connectivity index is 2.60. The van der Waals surface area contributed by atoms with Gasteiger partial charge >= 0.3 is 19.8 Å². The van der Waals surface area contributed by atoms with Crippen molar-refractivity contribution in [1.82, 2.24) is 0 Å². The molecule has 14 heteroatoms. The maximum Gasteiger partial charge on any atom is 0.472 e. The highest BCUT2D eigenvalue weighted by molar-refractivity contribution is 7.47. The van der Waals surface area contributed by atoms with Gasteiger partial charge in [0.05, 0.1) is 6.61 Å². The predicted octanol–water partition coefficient (Wildman–Crippen LogP) is 6.16. The SMILES string of the molecule is CC/C=C/C=C/C=C/C=C/CCCCCC(=O)OC(COC(=O)CCCCCCC/C=C/C=C/C=C/CC)COP(=O)(O)OC1C(O)C(O)C(O)[C@@H](O)C1O. The van der Waals surface area contributed by atoms with Crippen molar-refractivity contribution in [3.8, 4) is 0 Å². The molecule has 0 amide bonds. The van der Waals surface area contributed by atoms with Crippen molar-refractivity contribution < 1.29 is 63.1 Å². The van der Waals surface area contributed by atoms with Crippen LogP contribution in [0.1, 0.15) is 104 Å². The van der Waals surface area contributed by atoms with Gasteiger partial charge in [0.1, 0.15) is 43.2 Å². The number of phosphoric acid groups is 1. The van der Waals surface area contributed by atoms with Gasteiger partial charge in [0.2, 0.25) is 0 Å². The topological polar surface area (TPSA) is 210 Å². The van der Waals surface area contributed by atoms with E-state index in [4.69, 9.17) is 18.5 Å². The molecule has 8 atom stereocenters. The molecule has 1 rings (SSSR count). The fourth-order valence-corrected chi connectivity index (χ4v) is 6.21. The van der Waals surface area contributed by atoms with Crippen molar-refractivity contribution in [3.63, 3.8) is 0 Å². The summed E-state index contributed by atoms with van der Waals surface area (Å²) in [7, 11) is -5.13. The summed E-state index contributed by atoms with van der Waals surface area (Å²) in [5.74, 6) is -1.18. The van der Waals surface area contributed by atoms with Crippen molar-refractivity contribution in [2.24, 2.45) is 0 Å². The van der Waals surface area contributed by atoms with Crippen LogP contribution in [0.4, 0.5) is 0 Å². The lowest BCUT2D eigenvalue weighted by molar-refractivity contribution is -0.220. The summed E-state index contributed by atoms with van der Waals surface area (Å²) in [6.07, 6.45) is 25.2. The fraction of sp³-hybridized carbons (Fsp3) is 0.610. The lowest BCUT2D eigenvalue weighted by atomic mass is 9.85. The number of carbonyl (C=O) groups is 2. The van der Waals surface area contributed by atoms with Crippen LogP contribution >= 0.6 is 7.82 Å². The molecule has 1 aliphatic rings. The molecule has 0 bridgehead atoms. The lowest BCUT2D eigenvalue weighted by Crippen LogP contribution is -2.64. The predicted molar refractivity (Wildman–Crippen MR) is 211 cm³/mol. The number of ether oxygens (including phenoxy) is 2. The zero-order chi connectivity index (χ0) is 40.7. The second kappa shape index (κ2) is 31.2. The Morgan fingerprint density at radius 3 is 1.51 bits per heavy atom. The quantitative estimate of drug-likeness (QED) is 0.0217. The average Bonchev–Trinajstić information content (AvgIpc) is 3.16. The van der Waals surface area contributed by atoms with Crippen molar-refractivity contribution in [2.75, 3.05) is 13.2 Å². The lowest BCUT2D eigenvalue weighted by Gasteiger charge is -2.41. The normalized spacial score (nSPS) is 24.0. The molecule has 312 valence electrons. The van der Waals surface area contributed by atoms with Gasteiger partial charge in [0.25, 0.3) is 0 Å². The number of aliphatic hydroxyl groups is 5. The van der Waals surface area contributed by atoms with E-state index in [1.54, 1.807) is 0 Å². The zero-order valence-electron chi connectivity index (χ0n) is 32.4. The van der Waals surface area contributed by atoms with E-state index >= 15 is 0 Å². The maximum absolute atomic E-state index is 12.7. The molecule has 7 unspecified atom stereocenters. The number of hydrogen-bond donors (Lipinski definition) is 6. The van der Waals surface area contributed by atoms with Gasteiger partial charge in [-0.3, -0.25) is 18.6 Å². The first kappa shape index (κ1) is 50.0. The Morgan fingerprint density at radius 2 is 0.982 bits per heavy atom. The van der Waals surface area contributed by atoms with Gasteiger partial charge in [-0.2, -0.15) is 0 Å².